The molecule has 0 aromatic heterocycles. The molecular formula is C7H8INS. The highest BCUT2D eigenvalue weighted by Gasteiger charge is 1.89. The first-order chi connectivity index (χ1) is 4.30. The number of halogens is 1. The highest BCUT2D eigenvalue weighted by Crippen LogP contribution is 2.00. The van der Waals surface area contributed by atoms with Crippen LogP contribution < -0.4 is 0 Å². The molecule has 54 valence electrons. The Bertz CT molecular complexity index is 210. The molecule has 0 aliphatic heterocycles. The van der Waals surface area contributed by atoms with E-state index in [-0.39, 0.29) is 24.0 Å². The summed E-state index contributed by atoms with van der Waals surface area (Å²) in [7, 11) is 0. The van der Waals surface area contributed by atoms with E-state index >= 15 is 0 Å². The van der Waals surface area contributed by atoms with Gasteiger partial charge in [0.2, 0.25) is 0 Å². The summed E-state index contributed by atoms with van der Waals surface area (Å²) < 4.78 is 0. The third-order valence-electron chi connectivity index (χ3n) is 1.05. The van der Waals surface area contributed by atoms with Crippen LogP contribution >= 0.6 is 36.6 Å². The summed E-state index contributed by atoms with van der Waals surface area (Å²) in [5, 5.41) is 7.41. The Balaban J connectivity index is 0.000000810. The normalized spacial score (nSPS) is 8.10. The van der Waals surface area contributed by atoms with Gasteiger partial charge < -0.3 is 0 Å². The predicted octanol–water partition coefficient (Wildman–Crippen LogP) is 2.56. The van der Waals surface area contributed by atoms with Crippen LogP contribution in [0.4, 0.5) is 0 Å². The number of rotatable bonds is 1. The molecular weight excluding hydrogens is 257 g/mol. The summed E-state index contributed by atoms with van der Waals surface area (Å²) in [5.41, 5.74) is 0.862. The molecule has 0 heterocycles. The average molecular weight is 265 g/mol. The second kappa shape index (κ2) is 4.73. The second-order valence-corrected chi connectivity index (χ2v) is 2.16. The lowest BCUT2D eigenvalue weighted by Gasteiger charge is -1.91. The first-order valence-electron chi connectivity index (χ1n) is 2.63. The van der Waals surface area contributed by atoms with Gasteiger partial charge in [0.05, 0.1) is 5.04 Å². The van der Waals surface area contributed by atoms with Gasteiger partial charge in [0.15, 0.2) is 0 Å². The van der Waals surface area contributed by atoms with Crippen molar-refractivity contribution >= 4 is 41.6 Å². The Kier molecular flexibility index (Phi) is 4.72. The molecule has 0 saturated heterocycles. The van der Waals surface area contributed by atoms with Gasteiger partial charge in [-0.1, -0.05) is 30.3 Å². The van der Waals surface area contributed by atoms with Gasteiger partial charge >= 0.3 is 0 Å². The molecule has 0 fully saturated rings. The van der Waals surface area contributed by atoms with E-state index in [2.05, 4.69) is 12.6 Å². The van der Waals surface area contributed by atoms with E-state index in [1.54, 1.807) is 0 Å². The maximum absolute atomic E-state index is 7.10. The standard InChI is InChI=1S/C7H7NS.HI/c8-7(9)6-4-2-1-3-5-6;/h1-5H,(H2,8,9);1H. The molecule has 0 bridgehead atoms. The molecule has 0 atom stereocenters. The minimum absolute atomic E-state index is 0. The van der Waals surface area contributed by atoms with Gasteiger partial charge in [0, 0.05) is 5.56 Å². The summed E-state index contributed by atoms with van der Waals surface area (Å²) in [5.74, 6) is 0. The van der Waals surface area contributed by atoms with Crippen LogP contribution in [0.25, 0.3) is 0 Å². The Hall–Kier alpha value is -0.0300. The average Bonchev–Trinajstić information content (AvgIpc) is 1.90. The fourth-order valence-electron chi connectivity index (χ4n) is 0.596. The van der Waals surface area contributed by atoms with E-state index in [9.17, 15) is 0 Å². The zero-order chi connectivity index (χ0) is 6.69. The van der Waals surface area contributed by atoms with Crippen molar-refractivity contribution in [1.82, 2.24) is 0 Å². The highest BCUT2D eigenvalue weighted by molar-refractivity contribution is 14.0. The van der Waals surface area contributed by atoms with Gasteiger partial charge in [-0.3, -0.25) is 5.41 Å². The van der Waals surface area contributed by atoms with E-state index in [1.807, 2.05) is 30.3 Å². The third kappa shape index (κ3) is 2.70. The lowest BCUT2D eigenvalue weighted by molar-refractivity contribution is 1.53. The maximum atomic E-state index is 7.10. The van der Waals surface area contributed by atoms with Crippen LogP contribution in [0.15, 0.2) is 30.3 Å². The summed E-state index contributed by atoms with van der Waals surface area (Å²) in [6.07, 6.45) is 0. The Morgan fingerprint density at radius 3 is 2.00 bits per heavy atom. The predicted molar refractivity (Wildman–Crippen MR) is 57.7 cm³/mol. The summed E-state index contributed by atoms with van der Waals surface area (Å²) in [6.45, 7) is 0. The van der Waals surface area contributed by atoms with Gasteiger partial charge in [-0.25, -0.2) is 0 Å². The van der Waals surface area contributed by atoms with Crippen molar-refractivity contribution in [3.63, 3.8) is 0 Å². The minimum atomic E-state index is 0. The van der Waals surface area contributed by atoms with Gasteiger partial charge in [-0.15, -0.1) is 36.6 Å². The molecule has 0 unspecified atom stereocenters. The molecule has 1 rings (SSSR count). The van der Waals surface area contributed by atoms with Gasteiger partial charge in [0.25, 0.3) is 0 Å². The summed E-state index contributed by atoms with van der Waals surface area (Å²) in [6, 6.07) is 9.41. The summed E-state index contributed by atoms with van der Waals surface area (Å²) >= 11 is 3.87. The zero-order valence-corrected chi connectivity index (χ0v) is 8.47. The monoisotopic (exact) mass is 265 g/mol. The molecule has 3 heteroatoms. The van der Waals surface area contributed by atoms with Crippen molar-refractivity contribution in [3.8, 4) is 0 Å². The zero-order valence-electron chi connectivity index (χ0n) is 5.24. The molecule has 1 nitrogen and oxygen atoms in total. The van der Waals surface area contributed by atoms with Crippen LogP contribution in [-0.2, 0) is 0 Å². The molecule has 0 saturated carbocycles. The Morgan fingerprint density at radius 1 is 1.20 bits per heavy atom. The molecule has 0 amide bonds. The number of hydrogen-bond donors (Lipinski definition) is 2. The molecule has 1 N–H and O–H groups in total. The van der Waals surface area contributed by atoms with Gasteiger partial charge in [0.1, 0.15) is 0 Å². The minimum Gasteiger partial charge on any atom is -0.294 e. The van der Waals surface area contributed by atoms with Crippen molar-refractivity contribution < 1.29 is 0 Å². The van der Waals surface area contributed by atoms with E-state index in [0.29, 0.717) is 5.04 Å². The lowest BCUT2D eigenvalue weighted by Crippen LogP contribution is -1.85. The van der Waals surface area contributed by atoms with Crippen molar-refractivity contribution in [2.45, 2.75) is 0 Å². The summed E-state index contributed by atoms with van der Waals surface area (Å²) in [4.78, 5) is 0. The quantitative estimate of drug-likeness (QED) is 0.337. The van der Waals surface area contributed by atoms with E-state index < -0.39 is 0 Å². The molecule has 1 aromatic rings. The van der Waals surface area contributed by atoms with Crippen LogP contribution in [0.3, 0.4) is 0 Å². The van der Waals surface area contributed by atoms with Crippen LogP contribution in [0.1, 0.15) is 5.56 Å². The van der Waals surface area contributed by atoms with Crippen LogP contribution in [0.5, 0.6) is 0 Å². The molecule has 0 radical (unpaired) electrons. The fourth-order valence-corrected chi connectivity index (χ4v) is 0.745. The number of nitrogens with one attached hydrogen (secondary N) is 1. The molecule has 0 spiro atoms. The van der Waals surface area contributed by atoms with Crippen molar-refractivity contribution in [2.75, 3.05) is 0 Å². The third-order valence-corrected chi connectivity index (χ3v) is 1.31. The van der Waals surface area contributed by atoms with Crippen LogP contribution in [-0.4, -0.2) is 5.04 Å². The first kappa shape index (κ1) is 9.97. The lowest BCUT2D eigenvalue weighted by atomic mass is 10.2. The van der Waals surface area contributed by atoms with E-state index in [4.69, 9.17) is 5.41 Å². The number of thiol groups is 1. The van der Waals surface area contributed by atoms with Crippen molar-refractivity contribution in [2.24, 2.45) is 0 Å². The van der Waals surface area contributed by atoms with Crippen molar-refractivity contribution in [3.05, 3.63) is 35.9 Å². The Morgan fingerprint density at radius 2 is 1.70 bits per heavy atom. The largest absolute Gasteiger partial charge is 0.294 e. The Labute approximate surface area is 82.8 Å². The molecule has 0 aliphatic rings. The first-order valence-corrected chi connectivity index (χ1v) is 3.08. The fraction of sp³-hybridized carbons (Fsp3) is 0. The van der Waals surface area contributed by atoms with Gasteiger partial charge in [-0.05, 0) is 0 Å². The van der Waals surface area contributed by atoms with Crippen molar-refractivity contribution in [1.29, 1.82) is 5.41 Å². The van der Waals surface area contributed by atoms with Crippen LogP contribution in [0.2, 0.25) is 0 Å². The number of benzene rings is 1. The molecule has 10 heavy (non-hydrogen) atoms. The van der Waals surface area contributed by atoms with E-state index in [0.717, 1.165) is 5.56 Å². The molecule has 1 aromatic carbocycles. The number of hydrogen-bond acceptors (Lipinski definition) is 1. The topological polar surface area (TPSA) is 23.9 Å². The van der Waals surface area contributed by atoms with Crippen LogP contribution in [0, 0.1) is 5.41 Å². The maximum Gasteiger partial charge on any atom is 0.0911 e. The SMILES string of the molecule is I.N=C(S)c1ccccc1. The molecule has 0 aliphatic carbocycles. The van der Waals surface area contributed by atoms with Gasteiger partial charge in [-0.2, -0.15) is 0 Å². The second-order valence-electron chi connectivity index (χ2n) is 1.71. The van der Waals surface area contributed by atoms with E-state index in [1.165, 1.54) is 0 Å². The highest BCUT2D eigenvalue weighted by atomic mass is 127. The smallest absolute Gasteiger partial charge is 0.0911 e.